The number of ether oxygens (including phenoxy) is 1. The first-order chi connectivity index (χ1) is 7.21. The Labute approximate surface area is 92.0 Å². The lowest BCUT2D eigenvalue weighted by Gasteiger charge is -2.38. The Morgan fingerprint density at radius 3 is 2.93 bits per heavy atom. The van der Waals surface area contributed by atoms with Crippen LogP contribution in [0.15, 0.2) is 0 Å². The third kappa shape index (κ3) is 3.45. The molecule has 1 heterocycles. The van der Waals surface area contributed by atoms with Gasteiger partial charge in [-0.05, 0) is 19.8 Å². The summed E-state index contributed by atoms with van der Waals surface area (Å²) in [5.74, 6) is 0.0816. The number of nitrogens with two attached hydrogens (primary N) is 1. The van der Waals surface area contributed by atoms with Gasteiger partial charge in [0.15, 0.2) is 0 Å². The molecule has 1 aliphatic heterocycles. The van der Waals surface area contributed by atoms with Crippen LogP contribution in [0, 0.1) is 17.2 Å². The lowest BCUT2D eigenvalue weighted by molar-refractivity contribution is 0.0108. The van der Waals surface area contributed by atoms with Crippen LogP contribution in [0.1, 0.15) is 19.8 Å². The van der Waals surface area contributed by atoms with Gasteiger partial charge in [-0.2, -0.15) is 5.26 Å². The largest absolute Gasteiger partial charge is 0.381 e. The topological polar surface area (TPSA) is 62.3 Å². The third-order valence-electron chi connectivity index (χ3n) is 3.12. The van der Waals surface area contributed by atoms with Crippen LogP contribution < -0.4 is 5.73 Å². The predicted octanol–water partition coefficient (Wildman–Crippen LogP) is 0.584. The van der Waals surface area contributed by atoms with Gasteiger partial charge in [0.2, 0.25) is 0 Å². The fourth-order valence-electron chi connectivity index (χ4n) is 2.16. The Kier molecular flexibility index (Phi) is 5.03. The van der Waals surface area contributed by atoms with Gasteiger partial charge in [0.05, 0.1) is 18.1 Å². The summed E-state index contributed by atoms with van der Waals surface area (Å²) in [7, 11) is 1.76. The van der Waals surface area contributed by atoms with Crippen molar-refractivity contribution in [2.45, 2.75) is 31.9 Å². The average Bonchev–Trinajstić information content (AvgIpc) is 2.29. The second-order valence-corrected chi connectivity index (χ2v) is 4.30. The normalized spacial score (nSPS) is 29.7. The lowest BCUT2D eigenvalue weighted by atomic mass is 9.98. The number of nitriles is 1. The zero-order valence-corrected chi connectivity index (χ0v) is 9.65. The van der Waals surface area contributed by atoms with Gasteiger partial charge in [-0.15, -0.1) is 0 Å². The van der Waals surface area contributed by atoms with Gasteiger partial charge >= 0.3 is 0 Å². The van der Waals surface area contributed by atoms with Crippen molar-refractivity contribution < 1.29 is 4.74 Å². The van der Waals surface area contributed by atoms with Crippen LogP contribution in [-0.2, 0) is 4.74 Å². The van der Waals surface area contributed by atoms with Crippen LogP contribution in [0.5, 0.6) is 0 Å². The van der Waals surface area contributed by atoms with Gasteiger partial charge in [0, 0.05) is 32.8 Å². The molecule has 4 nitrogen and oxygen atoms in total. The highest BCUT2D eigenvalue weighted by Gasteiger charge is 2.28. The van der Waals surface area contributed by atoms with E-state index in [4.69, 9.17) is 15.7 Å². The van der Waals surface area contributed by atoms with Crippen LogP contribution in [0.3, 0.4) is 0 Å². The second kappa shape index (κ2) is 6.06. The summed E-state index contributed by atoms with van der Waals surface area (Å²) >= 11 is 0. The molecule has 1 rings (SSSR count). The van der Waals surface area contributed by atoms with E-state index in [1.165, 1.54) is 0 Å². The van der Waals surface area contributed by atoms with Crippen molar-refractivity contribution in [1.82, 2.24) is 4.90 Å². The Balaban J connectivity index is 2.47. The molecule has 0 saturated carbocycles. The first-order valence-corrected chi connectivity index (χ1v) is 5.57. The molecule has 0 amide bonds. The Morgan fingerprint density at radius 1 is 1.67 bits per heavy atom. The minimum Gasteiger partial charge on any atom is -0.381 e. The van der Waals surface area contributed by atoms with Gasteiger partial charge in [-0.3, -0.25) is 4.90 Å². The van der Waals surface area contributed by atoms with Gasteiger partial charge in [-0.1, -0.05) is 0 Å². The average molecular weight is 211 g/mol. The molecule has 1 fully saturated rings. The number of rotatable bonds is 4. The minimum absolute atomic E-state index is 0.0816. The van der Waals surface area contributed by atoms with Crippen LogP contribution in [0.2, 0.25) is 0 Å². The molecule has 3 atom stereocenters. The van der Waals surface area contributed by atoms with Gasteiger partial charge in [0.1, 0.15) is 0 Å². The first-order valence-electron chi connectivity index (χ1n) is 5.57. The van der Waals surface area contributed by atoms with E-state index < -0.39 is 0 Å². The van der Waals surface area contributed by atoms with Gasteiger partial charge < -0.3 is 10.5 Å². The van der Waals surface area contributed by atoms with Gasteiger partial charge in [0.25, 0.3) is 0 Å². The van der Waals surface area contributed by atoms with Gasteiger partial charge in [-0.25, -0.2) is 0 Å². The number of piperidine rings is 1. The fourth-order valence-corrected chi connectivity index (χ4v) is 2.16. The molecule has 0 aromatic rings. The summed E-state index contributed by atoms with van der Waals surface area (Å²) in [5.41, 5.74) is 5.75. The molecule has 3 unspecified atom stereocenters. The molecule has 2 N–H and O–H groups in total. The number of likely N-dealkylation sites (tertiary alicyclic amines) is 1. The molecular formula is C11H21N3O. The van der Waals surface area contributed by atoms with Crippen molar-refractivity contribution in [2.24, 2.45) is 11.7 Å². The molecule has 15 heavy (non-hydrogen) atoms. The molecule has 0 bridgehead atoms. The number of hydrogen-bond acceptors (Lipinski definition) is 4. The maximum Gasteiger partial charge on any atom is 0.0666 e. The Hall–Kier alpha value is -0.630. The van der Waals surface area contributed by atoms with E-state index in [0.717, 1.165) is 25.9 Å². The summed E-state index contributed by atoms with van der Waals surface area (Å²) in [5, 5.41) is 8.79. The molecule has 0 aromatic heterocycles. The van der Waals surface area contributed by atoms with E-state index in [-0.39, 0.29) is 5.92 Å². The van der Waals surface area contributed by atoms with E-state index in [9.17, 15) is 0 Å². The zero-order chi connectivity index (χ0) is 11.3. The molecule has 86 valence electrons. The van der Waals surface area contributed by atoms with E-state index in [2.05, 4.69) is 11.0 Å². The molecule has 0 spiro atoms. The molecule has 4 heteroatoms. The van der Waals surface area contributed by atoms with Crippen molar-refractivity contribution in [3.8, 4) is 6.07 Å². The van der Waals surface area contributed by atoms with Crippen molar-refractivity contribution in [3.63, 3.8) is 0 Å². The maximum atomic E-state index is 8.79. The van der Waals surface area contributed by atoms with Crippen molar-refractivity contribution in [2.75, 3.05) is 26.7 Å². The molecule has 0 radical (unpaired) electrons. The standard InChI is InChI=1S/C11H21N3O/c1-9(6-12)8-14-4-3-11(15-2)5-10(14)7-13/h9-11H,3-5,7-8,13H2,1-2H3. The molecule has 1 saturated heterocycles. The minimum atomic E-state index is 0.0816. The summed E-state index contributed by atoms with van der Waals surface area (Å²) in [6.07, 6.45) is 2.38. The lowest BCUT2D eigenvalue weighted by Crippen LogP contribution is -2.49. The van der Waals surface area contributed by atoms with E-state index in [1.54, 1.807) is 7.11 Å². The fraction of sp³-hybridized carbons (Fsp3) is 0.909. The van der Waals surface area contributed by atoms with Crippen LogP contribution in [-0.4, -0.2) is 43.8 Å². The number of nitrogens with zero attached hydrogens (tertiary/aromatic N) is 2. The van der Waals surface area contributed by atoms with Crippen LogP contribution >= 0.6 is 0 Å². The molecule has 1 aliphatic rings. The smallest absolute Gasteiger partial charge is 0.0666 e. The van der Waals surface area contributed by atoms with Crippen LogP contribution in [0.4, 0.5) is 0 Å². The van der Waals surface area contributed by atoms with Crippen molar-refractivity contribution in [1.29, 1.82) is 5.26 Å². The highest BCUT2D eigenvalue weighted by molar-refractivity contribution is 4.88. The molecule has 0 aromatic carbocycles. The zero-order valence-electron chi connectivity index (χ0n) is 9.65. The third-order valence-corrected chi connectivity index (χ3v) is 3.12. The summed E-state index contributed by atoms with van der Waals surface area (Å²) in [6.45, 7) is 4.43. The monoisotopic (exact) mass is 211 g/mol. The second-order valence-electron chi connectivity index (χ2n) is 4.30. The summed E-state index contributed by atoms with van der Waals surface area (Å²) in [4.78, 5) is 2.32. The summed E-state index contributed by atoms with van der Waals surface area (Å²) in [6, 6.07) is 2.64. The molecule has 0 aliphatic carbocycles. The SMILES string of the molecule is COC1CCN(CC(C)C#N)C(CN)C1. The predicted molar refractivity (Wildman–Crippen MR) is 59.2 cm³/mol. The first kappa shape index (κ1) is 12.4. The Morgan fingerprint density at radius 2 is 2.40 bits per heavy atom. The Bertz CT molecular complexity index is 226. The molecular weight excluding hydrogens is 190 g/mol. The van der Waals surface area contributed by atoms with E-state index in [1.807, 2.05) is 6.92 Å². The maximum absolute atomic E-state index is 8.79. The van der Waals surface area contributed by atoms with E-state index in [0.29, 0.717) is 18.7 Å². The van der Waals surface area contributed by atoms with Crippen molar-refractivity contribution >= 4 is 0 Å². The summed E-state index contributed by atoms with van der Waals surface area (Å²) < 4.78 is 5.36. The highest BCUT2D eigenvalue weighted by Crippen LogP contribution is 2.19. The number of hydrogen-bond donors (Lipinski definition) is 1. The van der Waals surface area contributed by atoms with Crippen molar-refractivity contribution in [3.05, 3.63) is 0 Å². The number of methoxy groups -OCH3 is 1. The highest BCUT2D eigenvalue weighted by atomic mass is 16.5. The van der Waals surface area contributed by atoms with E-state index >= 15 is 0 Å². The van der Waals surface area contributed by atoms with Crippen LogP contribution in [0.25, 0.3) is 0 Å². The quantitative estimate of drug-likeness (QED) is 0.739.